The van der Waals surface area contributed by atoms with Crippen molar-refractivity contribution >= 4 is 34.6 Å². The van der Waals surface area contributed by atoms with E-state index in [-0.39, 0.29) is 5.91 Å². The molecule has 1 fully saturated rings. The van der Waals surface area contributed by atoms with Crippen molar-refractivity contribution in [1.29, 1.82) is 0 Å². The molecule has 0 spiro atoms. The van der Waals surface area contributed by atoms with Crippen LogP contribution in [-0.4, -0.2) is 37.2 Å². The molecular weight excluding hydrogens is 388 g/mol. The van der Waals surface area contributed by atoms with Gasteiger partial charge in [-0.05, 0) is 48.5 Å². The Hall–Kier alpha value is -3.09. The number of nitrogens with one attached hydrogen (secondary N) is 1. The number of pyridine rings is 1. The van der Waals surface area contributed by atoms with E-state index in [1.54, 1.807) is 36.5 Å². The van der Waals surface area contributed by atoms with Crippen molar-refractivity contribution in [2.45, 2.75) is 0 Å². The number of nitrogens with zero attached hydrogens (tertiary/aromatic N) is 2. The van der Waals surface area contributed by atoms with Crippen LogP contribution in [-0.2, 0) is 4.74 Å². The predicted molar refractivity (Wildman–Crippen MR) is 117 cm³/mol. The van der Waals surface area contributed by atoms with Gasteiger partial charge in [0.1, 0.15) is 0 Å². The standard InChI is InChI=1S/C22H21ClN4O2/c23-19-2-1-9-25-21(19)15-3-8-18(20(24)14-15)22(28)26-16-4-6-17(7-5-16)27-10-12-29-13-11-27/h1-9,14H,10-13,24H2,(H,26,28). The van der Waals surface area contributed by atoms with Gasteiger partial charge in [0.05, 0.1) is 29.5 Å². The van der Waals surface area contributed by atoms with E-state index in [4.69, 9.17) is 22.1 Å². The molecule has 6 nitrogen and oxygen atoms in total. The van der Waals surface area contributed by atoms with Crippen molar-refractivity contribution in [2.75, 3.05) is 42.3 Å². The third kappa shape index (κ3) is 4.34. The summed E-state index contributed by atoms with van der Waals surface area (Å²) in [7, 11) is 0. The molecule has 7 heteroatoms. The summed E-state index contributed by atoms with van der Waals surface area (Å²) in [5, 5.41) is 3.43. The van der Waals surface area contributed by atoms with Crippen LogP contribution < -0.4 is 16.0 Å². The van der Waals surface area contributed by atoms with E-state index in [9.17, 15) is 4.79 Å². The Morgan fingerprint density at radius 2 is 1.86 bits per heavy atom. The number of aromatic nitrogens is 1. The molecule has 1 amide bonds. The van der Waals surface area contributed by atoms with Crippen LogP contribution in [0.15, 0.2) is 60.8 Å². The number of carbonyl (C=O) groups excluding carboxylic acids is 1. The number of nitrogens with two attached hydrogens (primary N) is 1. The number of morpholine rings is 1. The zero-order chi connectivity index (χ0) is 20.2. The fourth-order valence-electron chi connectivity index (χ4n) is 3.29. The van der Waals surface area contributed by atoms with Gasteiger partial charge in [0.25, 0.3) is 5.91 Å². The Bertz CT molecular complexity index is 1020. The van der Waals surface area contributed by atoms with Crippen molar-refractivity contribution in [1.82, 2.24) is 4.98 Å². The highest BCUT2D eigenvalue weighted by molar-refractivity contribution is 6.33. The van der Waals surface area contributed by atoms with Crippen LogP contribution in [0.25, 0.3) is 11.3 Å². The van der Waals surface area contributed by atoms with Crippen LogP contribution in [0.1, 0.15) is 10.4 Å². The molecule has 0 saturated carbocycles. The molecule has 3 aromatic rings. The molecule has 0 radical (unpaired) electrons. The molecule has 3 N–H and O–H groups in total. The van der Waals surface area contributed by atoms with E-state index in [1.165, 1.54) is 0 Å². The normalized spacial score (nSPS) is 13.9. The number of nitrogen functional groups attached to an aromatic ring is 1. The molecule has 0 aliphatic carbocycles. The maximum absolute atomic E-state index is 12.7. The third-order valence-electron chi connectivity index (χ3n) is 4.83. The maximum Gasteiger partial charge on any atom is 0.257 e. The molecule has 1 aliphatic rings. The molecule has 1 aromatic heterocycles. The molecule has 0 atom stereocenters. The zero-order valence-electron chi connectivity index (χ0n) is 15.8. The van der Waals surface area contributed by atoms with E-state index in [0.717, 1.165) is 37.6 Å². The average molecular weight is 409 g/mol. The number of hydrogen-bond donors (Lipinski definition) is 2. The SMILES string of the molecule is Nc1cc(-c2ncccc2Cl)ccc1C(=O)Nc1ccc(N2CCOCC2)cc1. The van der Waals surface area contributed by atoms with Crippen molar-refractivity contribution < 1.29 is 9.53 Å². The number of ether oxygens (including phenoxy) is 1. The quantitative estimate of drug-likeness (QED) is 0.636. The Morgan fingerprint density at radius 1 is 1.10 bits per heavy atom. The van der Waals surface area contributed by atoms with Gasteiger partial charge in [-0.3, -0.25) is 9.78 Å². The second-order valence-corrected chi connectivity index (χ2v) is 7.14. The first-order chi connectivity index (χ1) is 14.1. The lowest BCUT2D eigenvalue weighted by Gasteiger charge is -2.28. The number of hydrogen-bond acceptors (Lipinski definition) is 5. The molecule has 4 rings (SSSR count). The number of amides is 1. The van der Waals surface area contributed by atoms with Crippen LogP contribution in [0.2, 0.25) is 5.02 Å². The summed E-state index contributed by atoms with van der Waals surface area (Å²) in [5.74, 6) is -0.264. The summed E-state index contributed by atoms with van der Waals surface area (Å²) in [4.78, 5) is 19.2. The smallest absolute Gasteiger partial charge is 0.257 e. The van der Waals surface area contributed by atoms with Crippen molar-refractivity contribution in [2.24, 2.45) is 0 Å². The molecule has 1 saturated heterocycles. The molecule has 29 heavy (non-hydrogen) atoms. The lowest BCUT2D eigenvalue weighted by atomic mass is 10.1. The highest BCUT2D eigenvalue weighted by atomic mass is 35.5. The summed E-state index contributed by atoms with van der Waals surface area (Å²) in [6, 6.07) is 16.5. The van der Waals surface area contributed by atoms with Gasteiger partial charge in [0.15, 0.2) is 0 Å². The number of rotatable bonds is 4. The summed E-state index contributed by atoms with van der Waals surface area (Å²) >= 11 is 6.20. The Balaban J connectivity index is 1.47. The van der Waals surface area contributed by atoms with Crippen LogP contribution >= 0.6 is 11.6 Å². The number of halogens is 1. The van der Waals surface area contributed by atoms with Gasteiger partial charge < -0.3 is 20.7 Å². The van der Waals surface area contributed by atoms with E-state index < -0.39 is 0 Å². The van der Waals surface area contributed by atoms with Crippen LogP contribution in [0, 0.1) is 0 Å². The minimum Gasteiger partial charge on any atom is -0.398 e. The van der Waals surface area contributed by atoms with Gasteiger partial charge in [0, 0.05) is 41.9 Å². The minimum atomic E-state index is -0.264. The first-order valence-electron chi connectivity index (χ1n) is 9.36. The monoisotopic (exact) mass is 408 g/mol. The lowest BCUT2D eigenvalue weighted by Crippen LogP contribution is -2.36. The predicted octanol–water partition coefficient (Wildman–Crippen LogP) is 4.07. The van der Waals surface area contributed by atoms with Crippen molar-refractivity contribution in [3.8, 4) is 11.3 Å². The number of anilines is 3. The van der Waals surface area contributed by atoms with E-state index in [0.29, 0.717) is 27.7 Å². The molecule has 2 aromatic carbocycles. The van der Waals surface area contributed by atoms with Crippen LogP contribution in [0.4, 0.5) is 17.1 Å². The van der Waals surface area contributed by atoms with Gasteiger partial charge in [-0.2, -0.15) is 0 Å². The third-order valence-corrected chi connectivity index (χ3v) is 5.13. The highest BCUT2D eigenvalue weighted by Crippen LogP contribution is 2.28. The molecule has 0 unspecified atom stereocenters. The van der Waals surface area contributed by atoms with E-state index in [1.807, 2.05) is 24.3 Å². The van der Waals surface area contributed by atoms with Gasteiger partial charge in [0.2, 0.25) is 0 Å². The number of carbonyl (C=O) groups is 1. The van der Waals surface area contributed by atoms with Gasteiger partial charge in [-0.15, -0.1) is 0 Å². The first-order valence-corrected chi connectivity index (χ1v) is 9.74. The summed E-state index contributed by atoms with van der Waals surface area (Å²) in [6.45, 7) is 3.21. The van der Waals surface area contributed by atoms with Crippen LogP contribution in [0.3, 0.4) is 0 Å². The molecule has 1 aliphatic heterocycles. The topological polar surface area (TPSA) is 80.5 Å². The molecule has 148 valence electrons. The van der Waals surface area contributed by atoms with Gasteiger partial charge in [-0.25, -0.2) is 0 Å². The fraction of sp³-hybridized carbons (Fsp3) is 0.182. The summed E-state index contributed by atoms with van der Waals surface area (Å²) in [6.07, 6.45) is 1.67. The maximum atomic E-state index is 12.7. The Kier molecular flexibility index (Phi) is 5.64. The molecule has 0 bridgehead atoms. The minimum absolute atomic E-state index is 0.264. The lowest BCUT2D eigenvalue weighted by molar-refractivity contribution is 0.102. The summed E-state index contributed by atoms with van der Waals surface area (Å²) in [5.41, 5.74) is 10.1. The zero-order valence-corrected chi connectivity index (χ0v) is 16.5. The second-order valence-electron chi connectivity index (χ2n) is 6.74. The second kappa shape index (κ2) is 8.51. The van der Waals surface area contributed by atoms with E-state index >= 15 is 0 Å². The average Bonchev–Trinajstić information content (AvgIpc) is 2.75. The van der Waals surface area contributed by atoms with Crippen LogP contribution in [0.5, 0.6) is 0 Å². The largest absolute Gasteiger partial charge is 0.398 e. The van der Waals surface area contributed by atoms with E-state index in [2.05, 4.69) is 15.2 Å². The Morgan fingerprint density at radius 3 is 2.55 bits per heavy atom. The van der Waals surface area contributed by atoms with Crippen molar-refractivity contribution in [3.05, 3.63) is 71.4 Å². The number of benzene rings is 2. The van der Waals surface area contributed by atoms with Gasteiger partial charge in [-0.1, -0.05) is 17.7 Å². The van der Waals surface area contributed by atoms with Gasteiger partial charge >= 0.3 is 0 Å². The molecular formula is C22H21ClN4O2. The first kappa shape index (κ1) is 19.2. The van der Waals surface area contributed by atoms with Crippen molar-refractivity contribution in [3.63, 3.8) is 0 Å². The summed E-state index contributed by atoms with van der Waals surface area (Å²) < 4.78 is 5.38. The highest BCUT2D eigenvalue weighted by Gasteiger charge is 2.14. The fourth-order valence-corrected chi connectivity index (χ4v) is 3.52. The Labute approximate surface area is 174 Å². The molecule has 2 heterocycles.